The molecule has 6 nitrogen and oxygen atoms in total. The van der Waals surface area contributed by atoms with Gasteiger partial charge >= 0.3 is 0 Å². The van der Waals surface area contributed by atoms with Gasteiger partial charge in [0.25, 0.3) is 0 Å². The molecule has 0 saturated carbocycles. The highest BCUT2D eigenvalue weighted by Gasteiger charge is 2.12. The fourth-order valence-electron chi connectivity index (χ4n) is 2.08. The Kier molecular flexibility index (Phi) is 4.34. The molecule has 19 heavy (non-hydrogen) atoms. The Labute approximate surface area is 112 Å². The maximum absolute atomic E-state index is 8.81. The summed E-state index contributed by atoms with van der Waals surface area (Å²) < 4.78 is 7.16. The molecule has 2 aromatic heterocycles. The summed E-state index contributed by atoms with van der Waals surface area (Å²) in [5.41, 5.74) is 2.03. The lowest BCUT2D eigenvalue weighted by molar-refractivity contribution is 0.268. The second kappa shape index (κ2) is 5.99. The Bertz CT molecular complexity index is 532. The van der Waals surface area contributed by atoms with Crippen molar-refractivity contribution >= 4 is 0 Å². The molecule has 2 aromatic rings. The van der Waals surface area contributed by atoms with Gasteiger partial charge in [0.2, 0.25) is 0 Å². The SMILES string of the molecule is Cc1cc(C(C)NCc2cn(CCO)nn2)c(C)o1. The molecule has 1 atom stereocenters. The van der Waals surface area contributed by atoms with E-state index in [9.17, 15) is 0 Å². The van der Waals surface area contributed by atoms with Crippen molar-refractivity contribution < 1.29 is 9.52 Å². The smallest absolute Gasteiger partial charge is 0.105 e. The third-order valence-corrected chi connectivity index (χ3v) is 3.05. The molecule has 0 aliphatic carbocycles. The minimum atomic E-state index is 0.0696. The molecule has 0 amide bonds. The Balaban J connectivity index is 1.92. The molecule has 2 rings (SSSR count). The second-order valence-corrected chi connectivity index (χ2v) is 4.67. The van der Waals surface area contributed by atoms with E-state index in [4.69, 9.17) is 9.52 Å². The Hall–Kier alpha value is -1.66. The number of nitrogens with one attached hydrogen (secondary N) is 1. The van der Waals surface area contributed by atoms with Gasteiger partial charge in [0, 0.05) is 24.3 Å². The highest BCUT2D eigenvalue weighted by molar-refractivity contribution is 5.23. The summed E-state index contributed by atoms with van der Waals surface area (Å²) in [7, 11) is 0. The van der Waals surface area contributed by atoms with Crippen molar-refractivity contribution in [2.45, 2.75) is 39.9 Å². The number of rotatable bonds is 6. The minimum absolute atomic E-state index is 0.0696. The van der Waals surface area contributed by atoms with E-state index >= 15 is 0 Å². The van der Waals surface area contributed by atoms with Crippen LogP contribution in [0.3, 0.4) is 0 Å². The summed E-state index contributed by atoms with van der Waals surface area (Å²) in [6, 6.07) is 2.25. The molecule has 0 fully saturated rings. The normalized spacial score (nSPS) is 12.8. The van der Waals surface area contributed by atoms with E-state index in [1.54, 1.807) is 4.68 Å². The number of aliphatic hydroxyl groups excluding tert-OH is 1. The molecule has 0 radical (unpaired) electrons. The molecule has 104 valence electrons. The maximum Gasteiger partial charge on any atom is 0.105 e. The molecule has 2 N–H and O–H groups in total. The van der Waals surface area contributed by atoms with Crippen LogP contribution in [-0.2, 0) is 13.1 Å². The van der Waals surface area contributed by atoms with Crippen LogP contribution in [0.1, 0.15) is 35.7 Å². The Morgan fingerprint density at radius 2 is 2.26 bits per heavy atom. The van der Waals surface area contributed by atoms with Crippen LogP contribution in [-0.4, -0.2) is 26.7 Å². The van der Waals surface area contributed by atoms with Gasteiger partial charge in [-0.25, -0.2) is 4.68 Å². The van der Waals surface area contributed by atoms with Crippen LogP contribution in [0.2, 0.25) is 0 Å². The predicted octanol–water partition coefficient (Wildman–Crippen LogP) is 1.33. The molecule has 2 heterocycles. The van der Waals surface area contributed by atoms with Crippen LogP contribution in [0.4, 0.5) is 0 Å². The van der Waals surface area contributed by atoms with Crippen molar-refractivity contribution in [3.05, 3.63) is 35.0 Å². The lowest BCUT2D eigenvalue weighted by atomic mass is 10.1. The van der Waals surface area contributed by atoms with Gasteiger partial charge in [0.15, 0.2) is 0 Å². The van der Waals surface area contributed by atoms with Gasteiger partial charge in [-0.2, -0.15) is 0 Å². The number of aromatic nitrogens is 3. The first-order valence-corrected chi connectivity index (χ1v) is 6.40. The lowest BCUT2D eigenvalue weighted by Crippen LogP contribution is -2.18. The number of aryl methyl sites for hydroxylation is 2. The molecule has 0 saturated heterocycles. The summed E-state index contributed by atoms with van der Waals surface area (Å²) in [5.74, 6) is 1.87. The summed E-state index contributed by atoms with van der Waals surface area (Å²) >= 11 is 0. The first-order valence-electron chi connectivity index (χ1n) is 6.40. The molecule has 6 heteroatoms. The summed E-state index contributed by atoms with van der Waals surface area (Å²) in [6.45, 7) is 7.19. The maximum atomic E-state index is 8.81. The van der Waals surface area contributed by atoms with Gasteiger partial charge in [0.05, 0.1) is 18.8 Å². The van der Waals surface area contributed by atoms with Gasteiger partial charge in [-0.3, -0.25) is 0 Å². The van der Waals surface area contributed by atoms with E-state index in [0.717, 1.165) is 17.2 Å². The topological polar surface area (TPSA) is 76.1 Å². The quantitative estimate of drug-likeness (QED) is 0.823. The molecule has 0 spiro atoms. The Morgan fingerprint density at radius 3 is 2.89 bits per heavy atom. The zero-order chi connectivity index (χ0) is 13.8. The first kappa shape index (κ1) is 13.8. The molecule has 0 aliphatic heterocycles. The fourth-order valence-corrected chi connectivity index (χ4v) is 2.08. The summed E-state index contributed by atoms with van der Waals surface area (Å²) in [4.78, 5) is 0. The first-order chi connectivity index (χ1) is 9.10. The van der Waals surface area contributed by atoms with E-state index in [2.05, 4.69) is 28.6 Å². The van der Waals surface area contributed by atoms with Crippen molar-refractivity contribution in [2.75, 3.05) is 6.61 Å². The highest BCUT2D eigenvalue weighted by Crippen LogP contribution is 2.21. The van der Waals surface area contributed by atoms with Crippen LogP contribution in [0, 0.1) is 13.8 Å². The standard InChI is InChI=1S/C13H20N4O2/c1-9-6-13(11(3)19-9)10(2)14-7-12-8-17(4-5-18)16-15-12/h6,8,10,14,18H,4-5,7H2,1-3H3. The van der Waals surface area contributed by atoms with Crippen LogP contribution in [0.15, 0.2) is 16.7 Å². The summed E-state index contributed by atoms with van der Waals surface area (Å²) in [6.07, 6.45) is 1.84. The summed E-state index contributed by atoms with van der Waals surface area (Å²) in [5, 5.41) is 20.2. The third-order valence-electron chi connectivity index (χ3n) is 3.05. The minimum Gasteiger partial charge on any atom is -0.466 e. The van der Waals surface area contributed by atoms with E-state index in [1.165, 1.54) is 5.56 Å². The van der Waals surface area contributed by atoms with E-state index in [1.807, 2.05) is 20.0 Å². The predicted molar refractivity (Wildman–Crippen MR) is 70.5 cm³/mol. The Morgan fingerprint density at radius 1 is 1.47 bits per heavy atom. The molecular weight excluding hydrogens is 244 g/mol. The van der Waals surface area contributed by atoms with Gasteiger partial charge in [0.1, 0.15) is 11.5 Å². The largest absolute Gasteiger partial charge is 0.466 e. The number of furan rings is 1. The number of aliphatic hydroxyl groups is 1. The van der Waals surface area contributed by atoms with Crippen LogP contribution in [0.25, 0.3) is 0 Å². The average Bonchev–Trinajstić information content (AvgIpc) is 2.93. The van der Waals surface area contributed by atoms with Gasteiger partial charge in [-0.05, 0) is 26.8 Å². The number of hydrogen-bond donors (Lipinski definition) is 2. The third kappa shape index (κ3) is 3.42. The van der Waals surface area contributed by atoms with Crippen molar-refractivity contribution in [1.29, 1.82) is 0 Å². The molecular formula is C13H20N4O2. The monoisotopic (exact) mass is 264 g/mol. The van der Waals surface area contributed by atoms with Gasteiger partial charge < -0.3 is 14.8 Å². The molecule has 0 aromatic carbocycles. The second-order valence-electron chi connectivity index (χ2n) is 4.67. The highest BCUT2D eigenvalue weighted by atomic mass is 16.3. The zero-order valence-electron chi connectivity index (χ0n) is 11.6. The molecule has 0 aliphatic rings. The van der Waals surface area contributed by atoms with Gasteiger partial charge in [-0.1, -0.05) is 5.21 Å². The van der Waals surface area contributed by atoms with Crippen LogP contribution >= 0.6 is 0 Å². The van der Waals surface area contributed by atoms with E-state index in [0.29, 0.717) is 13.1 Å². The fraction of sp³-hybridized carbons (Fsp3) is 0.538. The van der Waals surface area contributed by atoms with E-state index in [-0.39, 0.29) is 12.6 Å². The van der Waals surface area contributed by atoms with Crippen LogP contribution < -0.4 is 5.32 Å². The van der Waals surface area contributed by atoms with Crippen molar-refractivity contribution in [2.24, 2.45) is 0 Å². The molecule has 0 bridgehead atoms. The van der Waals surface area contributed by atoms with Crippen molar-refractivity contribution in [3.63, 3.8) is 0 Å². The number of hydrogen-bond acceptors (Lipinski definition) is 5. The number of nitrogens with zero attached hydrogens (tertiary/aromatic N) is 3. The van der Waals surface area contributed by atoms with Gasteiger partial charge in [-0.15, -0.1) is 5.10 Å². The lowest BCUT2D eigenvalue weighted by Gasteiger charge is -2.11. The van der Waals surface area contributed by atoms with Crippen molar-refractivity contribution in [3.8, 4) is 0 Å². The average molecular weight is 264 g/mol. The van der Waals surface area contributed by atoms with Crippen molar-refractivity contribution in [1.82, 2.24) is 20.3 Å². The zero-order valence-corrected chi connectivity index (χ0v) is 11.6. The molecule has 1 unspecified atom stereocenters. The van der Waals surface area contributed by atoms with Crippen LogP contribution in [0.5, 0.6) is 0 Å². The van der Waals surface area contributed by atoms with E-state index < -0.39 is 0 Å².